The van der Waals surface area contributed by atoms with E-state index in [1.54, 1.807) is 11.9 Å². The molecule has 19 heavy (non-hydrogen) atoms. The van der Waals surface area contributed by atoms with Gasteiger partial charge in [0, 0.05) is 13.6 Å². The SMILES string of the molecule is CNCCCN(C)C(=O)Nc1ccc(C(=O)O)nc1. The van der Waals surface area contributed by atoms with Crippen molar-refractivity contribution < 1.29 is 14.7 Å². The third-order valence-electron chi connectivity index (χ3n) is 2.50. The number of carboxylic acid groups (broad SMARTS) is 1. The van der Waals surface area contributed by atoms with Crippen LogP contribution in [0.2, 0.25) is 0 Å². The highest BCUT2D eigenvalue weighted by Crippen LogP contribution is 2.07. The highest BCUT2D eigenvalue weighted by molar-refractivity contribution is 5.90. The molecule has 1 heterocycles. The Morgan fingerprint density at radius 3 is 2.68 bits per heavy atom. The van der Waals surface area contributed by atoms with Gasteiger partial charge < -0.3 is 20.6 Å². The summed E-state index contributed by atoms with van der Waals surface area (Å²) in [4.78, 5) is 27.7. The maximum absolute atomic E-state index is 11.8. The van der Waals surface area contributed by atoms with Crippen molar-refractivity contribution in [3.05, 3.63) is 24.0 Å². The van der Waals surface area contributed by atoms with Gasteiger partial charge in [-0.05, 0) is 32.1 Å². The molecule has 0 bridgehead atoms. The molecule has 0 unspecified atom stereocenters. The van der Waals surface area contributed by atoms with Gasteiger partial charge in [0.25, 0.3) is 0 Å². The molecule has 0 aliphatic heterocycles. The number of amides is 2. The number of aromatic carboxylic acids is 1. The summed E-state index contributed by atoms with van der Waals surface area (Å²) in [6, 6.07) is 2.61. The Hall–Kier alpha value is -2.15. The molecule has 0 aromatic carbocycles. The zero-order valence-electron chi connectivity index (χ0n) is 11.0. The van der Waals surface area contributed by atoms with Crippen molar-refractivity contribution >= 4 is 17.7 Å². The lowest BCUT2D eigenvalue weighted by atomic mass is 10.3. The van der Waals surface area contributed by atoms with Gasteiger partial charge in [0.15, 0.2) is 0 Å². The van der Waals surface area contributed by atoms with E-state index in [0.717, 1.165) is 13.0 Å². The first-order chi connectivity index (χ1) is 9.04. The molecule has 0 aliphatic carbocycles. The highest BCUT2D eigenvalue weighted by Gasteiger charge is 2.09. The van der Waals surface area contributed by atoms with Crippen LogP contribution in [-0.4, -0.2) is 54.2 Å². The Balaban J connectivity index is 2.49. The molecule has 7 nitrogen and oxygen atoms in total. The summed E-state index contributed by atoms with van der Waals surface area (Å²) >= 11 is 0. The molecule has 0 saturated heterocycles. The number of anilines is 1. The van der Waals surface area contributed by atoms with Crippen molar-refractivity contribution in [3.63, 3.8) is 0 Å². The number of pyridine rings is 1. The summed E-state index contributed by atoms with van der Waals surface area (Å²) in [7, 11) is 3.56. The molecule has 0 fully saturated rings. The van der Waals surface area contributed by atoms with Crippen molar-refractivity contribution in [2.75, 3.05) is 32.5 Å². The maximum Gasteiger partial charge on any atom is 0.354 e. The van der Waals surface area contributed by atoms with E-state index in [0.29, 0.717) is 12.2 Å². The minimum atomic E-state index is -1.10. The molecule has 1 aromatic rings. The lowest BCUT2D eigenvalue weighted by molar-refractivity contribution is 0.0690. The zero-order valence-corrected chi connectivity index (χ0v) is 11.0. The summed E-state index contributed by atoms with van der Waals surface area (Å²) in [5, 5.41) is 14.4. The van der Waals surface area contributed by atoms with E-state index in [4.69, 9.17) is 5.11 Å². The second kappa shape index (κ2) is 7.32. The normalized spacial score (nSPS) is 10.0. The van der Waals surface area contributed by atoms with Crippen LogP contribution in [0.4, 0.5) is 10.5 Å². The monoisotopic (exact) mass is 266 g/mol. The number of urea groups is 1. The Kier molecular flexibility index (Phi) is 5.74. The van der Waals surface area contributed by atoms with Gasteiger partial charge in [-0.15, -0.1) is 0 Å². The van der Waals surface area contributed by atoms with Crippen molar-refractivity contribution in [2.45, 2.75) is 6.42 Å². The minimum absolute atomic E-state index is 0.0552. The molecule has 104 valence electrons. The molecule has 2 amide bonds. The van der Waals surface area contributed by atoms with E-state index in [-0.39, 0.29) is 11.7 Å². The van der Waals surface area contributed by atoms with Gasteiger partial charge in [0.05, 0.1) is 11.9 Å². The van der Waals surface area contributed by atoms with Crippen molar-refractivity contribution in [2.24, 2.45) is 0 Å². The Labute approximate surface area is 111 Å². The highest BCUT2D eigenvalue weighted by atomic mass is 16.4. The van der Waals surface area contributed by atoms with Gasteiger partial charge in [0.2, 0.25) is 0 Å². The molecule has 7 heteroatoms. The fourth-order valence-corrected chi connectivity index (χ4v) is 1.41. The van der Waals surface area contributed by atoms with Gasteiger partial charge >= 0.3 is 12.0 Å². The van der Waals surface area contributed by atoms with E-state index in [2.05, 4.69) is 15.6 Å². The third kappa shape index (κ3) is 4.92. The summed E-state index contributed by atoms with van der Waals surface area (Å²) in [6.07, 6.45) is 2.18. The Morgan fingerprint density at radius 2 is 2.16 bits per heavy atom. The number of hydrogen-bond acceptors (Lipinski definition) is 4. The van der Waals surface area contributed by atoms with Gasteiger partial charge in [-0.25, -0.2) is 14.6 Å². The molecule has 0 aliphatic rings. The lowest BCUT2D eigenvalue weighted by Gasteiger charge is -2.17. The van der Waals surface area contributed by atoms with Crippen LogP contribution in [0.5, 0.6) is 0 Å². The van der Waals surface area contributed by atoms with E-state index in [1.165, 1.54) is 18.3 Å². The second-order valence-corrected chi connectivity index (χ2v) is 4.05. The van der Waals surface area contributed by atoms with Gasteiger partial charge in [0.1, 0.15) is 5.69 Å². The van der Waals surface area contributed by atoms with Crippen LogP contribution in [0.15, 0.2) is 18.3 Å². The molecule has 0 radical (unpaired) electrons. The Morgan fingerprint density at radius 1 is 1.42 bits per heavy atom. The molecule has 3 N–H and O–H groups in total. The van der Waals surface area contributed by atoms with Crippen LogP contribution < -0.4 is 10.6 Å². The molecule has 1 rings (SSSR count). The van der Waals surface area contributed by atoms with E-state index >= 15 is 0 Å². The number of rotatable bonds is 6. The number of carbonyl (C=O) groups excluding carboxylic acids is 1. The summed E-state index contributed by atoms with van der Waals surface area (Å²) in [5.74, 6) is -1.10. The van der Waals surface area contributed by atoms with Gasteiger partial charge in [-0.3, -0.25) is 0 Å². The van der Waals surface area contributed by atoms with Gasteiger partial charge in [-0.2, -0.15) is 0 Å². The minimum Gasteiger partial charge on any atom is -0.477 e. The van der Waals surface area contributed by atoms with Crippen molar-refractivity contribution in [3.8, 4) is 0 Å². The number of aromatic nitrogens is 1. The predicted octanol–water partition coefficient (Wildman–Crippen LogP) is 0.853. The summed E-state index contributed by atoms with van der Waals surface area (Å²) in [5.41, 5.74) is 0.413. The molecular formula is C12H18N4O3. The maximum atomic E-state index is 11.8. The topological polar surface area (TPSA) is 94.6 Å². The van der Waals surface area contributed by atoms with Crippen LogP contribution in [0.25, 0.3) is 0 Å². The molecule has 1 aromatic heterocycles. The van der Waals surface area contributed by atoms with Crippen LogP contribution >= 0.6 is 0 Å². The molecule has 0 saturated carbocycles. The quantitative estimate of drug-likeness (QED) is 0.664. The largest absolute Gasteiger partial charge is 0.477 e. The summed E-state index contributed by atoms with van der Waals surface area (Å²) < 4.78 is 0. The van der Waals surface area contributed by atoms with Crippen molar-refractivity contribution in [1.29, 1.82) is 0 Å². The first kappa shape index (κ1) is 14.9. The van der Waals surface area contributed by atoms with Crippen LogP contribution in [-0.2, 0) is 0 Å². The standard InChI is InChI=1S/C12H18N4O3/c1-13-6-3-7-16(2)12(19)15-9-4-5-10(11(17)18)14-8-9/h4-5,8,13H,3,6-7H2,1-2H3,(H,15,19)(H,17,18). The van der Waals surface area contributed by atoms with Crippen molar-refractivity contribution in [1.82, 2.24) is 15.2 Å². The van der Waals surface area contributed by atoms with E-state index in [1.807, 2.05) is 7.05 Å². The number of carbonyl (C=O) groups is 2. The molecule has 0 spiro atoms. The van der Waals surface area contributed by atoms with E-state index in [9.17, 15) is 9.59 Å². The fourth-order valence-electron chi connectivity index (χ4n) is 1.41. The van der Waals surface area contributed by atoms with Crippen LogP contribution in [0.1, 0.15) is 16.9 Å². The number of nitrogens with zero attached hydrogens (tertiary/aromatic N) is 2. The lowest BCUT2D eigenvalue weighted by Crippen LogP contribution is -2.33. The van der Waals surface area contributed by atoms with Crippen LogP contribution in [0.3, 0.4) is 0 Å². The zero-order chi connectivity index (χ0) is 14.3. The fraction of sp³-hybridized carbons (Fsp3) is 0.417. The number of hydrogen-bond donors (Lipinski definition) is 3. The average Bonchev–Trinajstić information content (AvgIpc) is 2.39. The summed E-state index contributed by atoms with van der Waals surface area (Å²) in [6.45, 7) is 1.47. The Bertz CT molecular complexity index is 433. The van der Waals surface area contributed by atoms with Gasteiger partial charge in [-0.1, -0.05) is 0 Å². The first-order valence-corrected chi connectivity index (χ1v) is 5.90. The molecular weight excluding hydrogens is 248 g/mol. The predicted molar refractivity (Wildman–Crippen MR) is 71.4 cm³/mol. The number of carboxylic acids is 1. The molecule has 0 atom stereocenters. The van der Waals surface area contributed by atoms with Crippen LogP contribution in [0, 0.1) is 0 Å². The number of nitrogens with one attached hydrogen (secondary N) is 2. The third-order valence-corrected chi connectivity index (χ3v) is 2.50. The smallest absolute Gasteiger partial charge is 0.354 e. The van der Waals surface area contributed by atoms with E-state index < -0.39 is 5.97 Å². The first-order valence-electron chi connectivity index (χ1n) is 5.90. The average molecular weight is 266 g/mol. The second-order valence-electron chi connectivity index (χ2n) is 4.05.